The summed E-state index contributed by atoms with van der Waals surface area (Å²) in [5, 5.41) is 3.01. The van der Waals surface area contributed by atoms with Gasteiger partial charge in [-0.15, -0.1) is 0 Å². The highest BCUT2D eigenvalue weighted by molar-refractivity contribution is 5.89. The molecule has 1 fully saturated rings. The van der Waals surface area contributed by atoms with Crippen molar-refractivity contribution in [2.45, 2.75) is 27.2 Å². The first-order valence-corrected chi connectivity index (χ1v) is 8.81. The summed E-state index contributed by atoms with van der Waals surface area (Å²) in [5.41, 5.74) is 2.06. The Morgan fingerprint density at radius 2 is 1.65 bits per heavy atom. The van der Waals surface area contributed by atoms with Crippen molar-refractivity contribution in [2.24, 2.45) is 0 Å². The van der Waals surface area contributed by atoms with Gasteiger partial charge in [0.05, 0.1) is 0 Å². The summed E-state index contributed by atoms with van der Waals surface area (Å²) in [6, 6.07) is 8.12. The SMILES string of the molecule is CCCN1CCN(C(=O)Nc2ccc(N(CC)CC)cc2)CC1. The van der Waals surface area contributed by atoms with Crippen molar-refractivity contribution in [3.63, 3.8) is 0 Å². The number of carbonyl (C=O) groups is 1. The molecule has 5 heteroatoms. The molecule has 1 saturated heterocycles. The van der Waals surface area contributed by atoms with Crippen LogP contribution in [-0.4, -0.2) is 61.6 Å². The molecule has 23 heavy (non-hydrogen) atoms. The number of benzene rings is 1. The number of urea groups is 1. The van der Waals surface area contributed by atoms with Gasteiger partial charge in [0.2, 0.25) is 0 Å². The molecule has 0 aliphatic carbocycles. The molecule has 0 unspecified atom stereocenters. The minimum Gasteiger partial charge on any atom is -0.372 e. The molecule has 1 aliphatic rings. The van der Waals surface area contributed by atoms with Crippen LogP contribution in [-0.2, 0) is 0 Å². The van der Waals surface area contributed by atoms with Crippen LogP contribution >= 0.6 is 0 Å². The smallest absolute Gasteiger partial charge is 0.321 e. The summed E-state index contributed by atoms with van der Waals surface area (Å²) < 4.78 is 0. The predicted molar refractivity (Wildman–Crippen MR) is 97.3 cm³/mol. The fraction of sp³-hybridized carbons (Fsp3) is 0.611. The molecule has 128 valence electrons. The van der Waals surface area contributed by atoms with Gasteiger partial charge in [-0.3, -0.25) is 4.90 Å². The Morgan fingerprint density at radius 1 is 1.04 bits per heavy atom. The molecular formula is C18H30N4O. The molecule has 0 aromatic heterocycles. The van der Waals surface area contributed by atoms with Crippen LogP contribution in [0.4, 0.5) is 16.2 Å². The van der Waals surface area contributed by atoms with Crippen molar-refractivity contribution in [1.82, 2.24) is 9.80 Å². The van der Waals surface area contributed by atoms with Gasteiger partial charge in [-0.05, 0) is 51.1 Å². The first-order valence-electron chi connectivity index (χ1n) is 8.81. The lowest BCUT2D eigenvalue weighted by molar-refractivity contribution is 0.147. The fourth-order valence-corrected chi connectivity index (χ4v) is 3.04. The standard InChI is InChI=1S/C18H30N4O/c1-4-11-20-12-14-22(15-13-20)18(23)19-16-7-9-17(10-8-16)21(5-2)6-3/h7-10H,4-6,11-15H2,1-3H3,(H,19,23). The molecule has 1 aromatic carbocycles. The van der Waals surface area contributed by atoms with Gasteiger partial charge in [0, 0.05) is 50.6 Å². The van der Waals surface area contributed by atoms with Crippen LogP contribution in [0.3, 0.4) is 0 Å². The molecule has 0 radical (unpaired) electrons. The van der Waals surface area contributed by atoms with Gasteiger partial charge in [-0.1, -0.05) is 6.92 Å². The van der Waals surface area contributed by atoms with Gasteiger partial charge in [0.15, 0.2) is 0 Å². The summed E-state index contributed by atoms with van der Waals surface area (Å²) in [7, 11) is 0. The highest BCUT2D eigenvalue weighted by Gasteiger charge is 2.20. The van der Waals surface area contributed by atoms with Gasteiger partial charge >= 0.3 is 6.03 Å². The first kappa shape index (κ1) is 17.6. The number of hydrogen-bond acceptors (Lipinski definition) is 3. The summed E-state index contributed by atoms with van der Waals surface area (Å²) in [6.45, 7) is 13.2. The van der Waals surface area contributed by atoms with E-state index in [4.69, 9.17) is 0 Å². The minimum atomic E-state index is 0.0109. The maximum Gasteiger partial charge on any atom is 0.321 e. The Hall–Kier alpha value is -1.75. The average molecular weight is 318 g/mol. The molecule has 2 amide bonds. The van der Waals surface area contributed by atoms with Crippen molar-refractivity contribution >= 4 is 17.4 Å². The summed E-state index contributed by atoms with van der Waals surface area (Å²) >= 11 is 0. The lowest BCUT2D eigenvalue weighted by Crippen LogP contribution is -2.50. The van der Waals surface area contributed by atoms with Gasteiger partial charge in [-0.2, -0.15) is 0 Å². The van der Waals surface area contributed by atoms with Crippen LogP contribution in [0.15, 0.2) is 24.3 Å². The predicted octanol–water partition coefficient (Wildman–Crippen LogP) is 3.09. The van der Waals surface area contributed by atoms with Crippen LogP contribution in [0, 0.1) is 0 Å². The van der Waals surface area contributed by atoms with Gasteiger partial charge in [-0.25, -0.2) is 4.79 Å². The molecule has 2 rings (SSSR count). The molecule has 1 aliphatic heterocycles. The number of hydrogen-bond donors (Lipinski definition) is 1. The molecule has 0 atom stereocenters. The zero-order valence-electron chi connectivity index (χ0n) is 14.7. The van der Waals surface area contributed by atoms with E-state index in [1.54, 1.807) is 0 Å². The highest BCUT2D eigenvalue weighted by Crippen LogP contribution is 2.18. The monoisotopic (exact) mass is 318 g/mol. The number of carbonyl (C=O) groups excluding carboxylic acids is 1. The minimum absolute atomic E-state index is 0.0109. The lowest BCUT2D eigenvalue weighted by Gasteiger charge is -2.34. The zero-order valence-corrected chi connectivity index (χ0v) is 14.7. The maximum absolute atomic E-state index is 12.3. The largest absolute Gasteiger partial charge is 0.372 e. The number of piperazine rings is 1. The number of rotatable bonds is 6. The van der Waals surface area contributed by atoms with Crippen LogP contribution in [0.25, 0.3) is 0 Å². The third-order valence-electron chi connectivity index (χ3n) is 4.45. The van der Waals surface area contributed by atoms with Crippen LogP contribution in [0.1, 0.15) is 27.2 Å². The zero-order chi connectivity index (χ0) is 16.7. The quantitative estimate of drug-likeness (QED) is 0.876. The number of nitrogens with one attached hydrogen (secondary N) is 1. The first-order chi connectivity index (χ1) is 11.2. The van der Waals surface area contributed by atoms with Gasteiger partial charge in [0.1, 0.15) is 0 Å². The maximum atomic E-state index is 12.3. The van der Waals surface area contributed by atoms with Crippen LogP contribution < -0.4 is 10.2 Å². The van der Waals surface area contributed by atoms with Crippen LogP contribution in [0.2, 0.25) is 0 Å². The van der Waals surface area contributed by atoms with E-state index in [0.717, 1.165) is 51.5 Å². The summed E-state index contributed by atoms with van der Waals surface area (Å²) in [6.07, 6.45) is 1.17. The van der Waals surface area contributed by atoms with Crippen molar-refractivity contribution in [3.05, 3.63) is 24.3 Å². The fourth-order valence-electron chi connectivity index (χ4n) is 3.04. The lowest BCUT2D eigenvalue weighted by atomic mass is 10.2. The third kappa shape index (κ3) is 4.86. The topological polar surface area (TPSA) is 38.8 Å². The molecule has 0 spiro atoms. The molecule has 1 N–H and O–H groups in total. The van der Waals surface area contributed by atoms with Crippen molar-refractivity contribution < 1.29 is 4.79 Å². The Balaban J connectivity index is 1.86. The van der Waals surface area contributed by atoms with Gasteiger partial charge < -0.3 is 15.1 Å². The van der Waals surface area contributed by atoms with Gasteiger partial charge in [0.25, 0.3) is 0 Å². The Labute approximate surface area is 140 Å². The second-order valence-electron chi connectivity index (χ2n) is 5.98. The molecule has 5 nitrogen and oxygen atoms in total. The van der Waals surface area contributed by atoms with E-state index in [1.165, 1.54) is 12.1 Å². The number of amides is 2. The van der Waals surface area contributed by atoms with E-state index in [9.17, 15) is 4.79 Å². The number of anilines is 2. The Kier molecular flexibility index (Phi) is 6.71. The summed E-state index contributed by atoms with van der Waals surface area (Å²) in [5.74, 6) is 0. The van der Waals surface area contributed by atoms with Crippen molar-refractivity contribution in [2.75, 3.05) is 56.0 Å². The van der Waals surface area contributed by atoms with E-state index < -0.39 is 0 Å². The second-order valence-corrected chi connectivity index (χ2v) is 5.98. The number of nitrogens with zero attached hydrogens (tertiary/aromatic N) is 3. The second kappa shape index (κ2) is 8.77. The van der Waals surface area contributed by atoms with Crippen LogP contribution in [0.5, 0.6) is 0 Å². The van der Waals surface area contributed by atoms with E-state index in [1.807, 2.05) is 17.0 Å². The molecule has 1 heterocycles. The van der Waals surface area contributed by atoms with E-state index in [2.05, 4.69) is 48.0 Å². The molecule has 1 aromatic rings. The van der Waals surface area contributed by atoms with Crippen molar-refractivity contribution in [1.29, 1.82) is 0 Å². The normalized spacial score (nSPS) is 15.5. The van der Waals surface area contributed by atoms with E-state index in [0.29, 0.717) is 0 Å². The molecule has 0 bridgehead atoms. The summed E-state index contributed by atoms with van der Waals surface area (Å²) in [4.78, 5) is 19.0. The third-order valence-corrected chi connectivity index (χ3v) is 4.45. The van der Waals surface area contributed by atoms with Crippen molar-refractivity contribution in [3.8, 4) is 0 Å². The van der Waals surface area contributed by atoms with E-state index in [-0.39, 0.29) is 6.03 Å². The average Bonchev–Trinajstić information content (AvgIpc) is 2.58. The van der Waals surface area contributed by atoms with E-state index >= 15 is 0 Å². The molecule has 0 saturated carbocycles. The molecular weight excluding hydrogens is 288 g/mol. The highest BCUT2D eigenvalue weighted by atomic mass is 16.2. The Morgan fingerprint density at radius 3 is 2.17 bits per heavy atom. The Bertz CT molecular complexity index is 476.